The highest BCUT2D eigenvalue weighted by molar-refractivity contribution is 5.48. The molecule has 3 N–H and O–H groups in total. The fourth-order valence-corrected chi connectivity index (χ4v) is 1.88. The van der Waals surface area contributed by atoms with Gasteiger partial charge in [-0.25, -0.2) is 0 Å². The number of nitrogens with one attached hydrogen (secondary N) is 1. The predicted molar refractivity (Wildman–Crippen MR) is 84.1 cm³/mol. The maximum atomic E-state index is 5.81. The van der Waals surface area contributed by atoms with Crippen LogP contribution in [0.15, 0.2) is 48.5 Å². The first-order chi connectivity index (χ1) is 9.78. The van der Waals surface area contributed by atoms with Crippen LogP contribution < -0.4 is 15.8 Å². The maximum absolute atomic E-state index is 5.81. The van der Waals surface area contributed by atoms with E-state index in [1.807, 2.05) is 24.3 Å². The van der Waals surface area contributed by atoms with E-state index in [0.717, 1.165) is 24.4 Å². The largest absolute Gasteiger partial charge is 0.489 e. The quantitative estimate of drug-likeness (QED) is 0.759. The smallest absolute Gasteiger partial charge is 0.121 e. The van der Waals surface area contributed by atoms with Crippen LogP contribution in [0.3, 0.4) is 0 Å². The molecule has 0 fully saturated rings. The Morgan fingerprint density at radius 2 is 1.90 bits per heavy atom. The van der Waals surface area contributed by atoms with Gasteiger partial charge in [0, 0.05) is 18.3 Å². The first-order valence-corrected chi connectivity index (χ1v) is 7.00. The minimum Gasteiger partial charge on any atom is -0.489 e. The summed E-state index contributed by atoms with van der Waals surface area (Å²) in [5, 5.41) is 3.33. The van der Waals surface area contributed by atoms with Crippen LogP contribution in [0.25, 0.3) is 0 Å². The number of hydrogen-bond acceptors (Lipinski definition) is 3. The molecule has 20 heavy (non-hydrogen) atoms. The van der Waals surface area contributed by atoms with Gasteiger partial charge in [0.1, 0.15) is 12.4 Å². The maximum Gasteiger partial charge on any atom is 0.121 e. The minimum absolute atomic E-state index is 0.590. The van der Waals surface area contributed by atoms with Gasteiger partial charge in [-0.2, -0.15) is 0 Å². The summed E-state index contributed by atoms with van der Waals surface area (Å²) in [6.45, 7) is 4.27. The van der Waals surface area contributed by atoms with Crippen LogP contribution in [0, 0.1) is 6.92 Å². The third-order valence-corrected chi connectivity index (χ3v) is 3.07. The van der Waals surface area contributed by atoms with E-state index < -0.39 is 0 Å². The Kier molecular flexibility index (Phi) is 5.44. The van der Waals surface area contributed by atoms with Crippen molar-refractivity contribution >= 4 is 5.69 Å². The van der Waals surface area contributed by atoms with Crippen molar-refractivity contribution < 1.29 is 4.74 Å². The van der Waals surface area contributed by atoms with Crippen LogP contribution in [0.2, 0.25) is 0 Å². The third kappa shape index (κ3) is 4.59. The second kappa shape index (κ2) is 7.56. The molecule has 0 radical (unpaired) electrons. The number of anilines is 1. The zero-order valence-electron chi connectivity index (χ0n) is 11.9. The molecular formula is C17H22N2O. The number of nitrogens with two attached hydrogens (primary N) is 1. The van der Waals surface area contributed by atoms with Gasteiger partial charge in [0.15, 0.2) is 0 Å². The number of ether oxygens (including phenoxy) is 1. The van der Waals surface area contributed by atoms with Crippen LogP contribution in [0.1, 0.15) is 17.5 Å². The van der Waals surface area contributed by atoms with Gasteiger partial charge >= 0.3 is 0 Å². The predicted octanol–water partition coefficient (Wildman–Crippen LogP) is 3.33. The standard InChI is InChI=1S/C17H22N2O/c1-14-6-8-15(9-7-14)13-20-17-5-2-4-16(12-17)19-11-3-10-18/h2,4-9,12,19H,3,10-11,13,18H2,1H3. The second-order valence-corrected chi connectivity index (χ2v) is 4.87. The van der Waals surface area contributed by atoms with E-state index in [4.69, 9.17) is 10.5 Å². The first-order valence-electron chi connectivity index (χ1n) is 7.00. The molecule has 0 spiro atoms. The number of aryl methyl sites for hydroxylation is 1. The summed E-state index contributed by atoms with van der Waals surface area (Å²) in [6, 6.07) is 16.4. The van der Waals surface area contributed by atoms with Crippen LogP contribution in [-0.4, -0.2) is 13.1 Å². The van der Waals surface area contributed by atoms with Crippen molar-refractivity contribution in [2.75, 3.05) is 18.4 Å². The Balaban J connectivity index is 1.89. The van der Waals surface area contributed by atoms with Gasteiger partial charge in [-0.3, -0.25) is 0 Å². The zero-order chi connectivity index (χ0) is 14.2. The highest BCUT2D eigenvalue weighted by Crippen LogP contribution is 2.18. The molecule has 0 unspecified atom stereocenters. The highest BCUT2D eigenvalue weighted by atomic mass is 16.5. The lowest BCUT2D eigenvalue weighted by molar-refractivity contribution is 0.306. The molecule has 0 heterocycles. The first kappa shape index (κ1) is 14.4. The van der Waals surface area contributed by atoms with Crippen molar-refractivity contribution in [1.29, 1.82) is 0 Å². The van der Waals surface area contributed by atoms with Crippen molar-refractivity contribution in [3.05, 3.63) is 59.7 Å². The molecule has 0 saturated heterocycles. The van der Waals surface area contributed by atoms with E-state index in [2.05, 4.69) is 36.5 Å². The molecule has 0 amide bonds. The van der Waals surface area contributed by atoms with E-state index >= 15 is 0 Å². The molecule has 2 aromatic rings. The van der Waals surface area contributed by atoms with E-state index in [0.29, 0.717) is 13.2 Å². The second-order valence-electron chi connectivity index (χ2n) is 4.87. The molecule has 2 aromatic carbocycles. The van der Waals surface area contributed by atoms with Crippen LogP contribution >= 0.6 is 0 Å². The van der Waals surface area contributed by atoms with E-state index in [1.165, 1.54) is 11.1 Å². The minimum atomic E-state index is 0.590. The normalized spacial score (nSPS) is 10.3. The lowest BCUT2D eigenvalue weighted by atomic mass is 10.2. The molecule has 0 aliphatic carbocycles. The van der Waals surface area contributed by atoms with Gasteiger partial charge in [0.2, 0.25) is 0 Å². The molecule has 0 bridgehead atoms. The average molecular weight is 270 g/mol. The summed E-state index contributed by atoms with van der Waals surface area (Å²) in [7, 11) is 0. The molecule has 3 nitrogen and oxygen atoms in total. The summed E-state index contributed by atoms with van der Waals surface area (Å²) < 4.78 is 5.81. The molecule has 0 aliphatic heterocycles. The Bertz CT molecular complexity index is 523. The fraction of sp³-hybridized carbons (Fsp3) is 0.294. The Hall–Kier alpha value is -2.00. The molecular weight excluding hydrogens is 248 g/mol. The Morgan fingerprint density at radius 3 is 2.65 bits per heavy atom. The Labute approximate surface area is 120 Å². The number of benzene rings is 2. The fourth-order valence-electron chi connectivity index (χ4n) is 1.88. The van der Waals surface area contributed by atoms with Crippen LogP contribution in [-0.2, 0) is 6.61 Å². The third-order valence-electron chi connectivity index (χ3n) is 3.07. The number of rotatable bonds is 7. The van der Waals surface area contributed by atoms with Gasteiger partial charge in [0.25, 0.3) is 0 Å². The summed E-state index contributed by atoms with van der Waals surface area (Å²) in [4.78, 5) is 0. The van der Waals surface area contributed by atoms with E-state index in [1.54, 1.807) is 0 Å². The summed E-state index contributed by atoms with van der Waals surface area (Å²) in [6.07, 6.45) is 0.967. The molecule has 0 aliphatic rings. The van der Waals surface area contributed by atoms with Crippen molar-refractivity contribution in [3.63, 3.8) is 0 Å². The van der Waals surface area contributed by atoms with Crippen molar-refractivity contribution in [1.82, 2.24) is 0 Å². The topological polar surface area (TPSA) is 47.3 Å². The molecule has 3 heteroatoms. The van der Waals surface area contributed by atoms with E-state index in [9.17, 15) is 0 Å². The average Bonchev–Trinajstić information content (AvgIpc) is 2.47. The van der Waals surface area contributed by atoms with Gasteiger partial charge in [0.05, 0.1) is 0 Å². The molecule has 2 rings (SSSR count). The van der Waals surface area contributed by atoms with Gasteiger partial charge in [-0.05, 0) is 37.6 Å². The lowest BCUT2D eigenvalue weighted by Gasteiger charge is -2.10. The molecule has 0 aromatic heterocycles. The lowest BCUT2D eigenvalue weighted by Crippen LogP contribution is -2.08. The van der Waals surface area contributed by atoms with Crippen LogP contribution in [0.4, 0.5) is 5.69 Å². The number of hydrogen-bond donors (Lipinski definition) is 2. The van der Waals surface area contributed by atoms with Gasteiger partial charge in [-0.15, -0.1) is 0 Å². The molecule has 106 valence electrons. The van der Waals surface area contributed by atoms with Gasteiger partial charge < -0.3 is 15.8 Å². The summed E-state index contributed by atoms with van der Waals surface area (Å²) >= 11 is 0. The van der Waals surface area contributed by atoms with Crippen molar-refractivity contribution in [3.8, 4) is 5.75 Å². The summed E-state index contributed by atoms with van der Waals surface area (Å²) in [5.41, 5.74) is 8.99. The Morgan fingerprint density at radius 1 is 1.10 bits per heavy atom. The zero-order valence-corrected chi connectivity index (χ0v) is 11.9. The van der Waals surface area contributed by atoms with E-state index in [-0.39, 0.29) is 0 Å². The highest BCUT2D eigenvalue weighted by Gasteiger charge is 1.98. The van der Waals surface area contributed by atoms with Gasteiger partial charge in [-0.1, -0.05) is 35.9 Å². The van der Waals surface area contributed by atoms with Crippen molar-refractivity contribution in [2.45, 2.75) is 20.0 Å². The SMILES string of the molecule is Cc1ccc(COc2cccc(NCCCN)c2)cc1. The van der Waals surface area contributed by atoms with Crippen molar-refractivity contribution in [2.24, 2.45) is 5.73 Å². The molecule has 0 saturated carbocycles. The van der Waals surface area contributed by atoms with Crippen LogP contribution in [0.5, 0.6) is 5.75 Å². The summed E-state index contributed by atoms with van der Waals surface area (Å²) in [5.74, 6) is 0.878. The monoisotopic (exact) mass is 270 g/mol. The molecule has 0 atom stereocenters.